The van der Waals surface area contributed by atoms with Crippen molar-refractivity contribution in [2.45, 2.75) is 25.9 Å². The van der Waals surface area contributed by atoms with Crippen LogP contribution in [0, 0.1) is 32.1 Å². The molecule has 0 atom stereocenters. The number of methoxy groups -OCH3 is 1. The van der Waals surface area contributed by atoms with E-state index in [-0.39, 0.29) is 11.3 Å². The topological polar surface area (TPSA) is 67.9 Å². The average molecular weight is 371 g/mol. The summed E-state index contributed by atoms with van der Waals surface area (Å²) in [5.41, 5.74) is 2.48. The summed E-state index contributed by atoms with van der Waals surface area (Å²) in [7, 11) is 1.58. The van der Waals surface area contributed by atoms with Crippen LogP contribution in [0.25, 0.3) is 15.9 Å². The summed E-state index contributed by atoms with van der Waals surface area (Å²) in [5, 5.41) is 10.1. The molecule has 2 heterocycles. The Labute approximate surface area is 153 Å². The van der Waals surface area contributed by atoms with Crippen molar-refractivity contribution in [1.29, 1.82) is 5.26 Å². The number of benzene rings is 1. The number of nitrogens with zero attached hydrogens (tertiary/aromatic N) is 3. The Bertz CT molecular complexity index is 1060. The van der Waals surface area contributed by atoms with E-state index in [9.17, 15) is 4.79 Å². The van der Waals surface area contributed by atoms with Gasteiger partial charge in [0.25, 0.3) is 5.56 Å². The van der Waals surface area contributed by atoms with Crippen molar-refractivity contribution in [2.24, 2.45) is 0 Å². The van der Waals surface area contributed by atoms with Crippen LogP contribution < -0.4 is 10.3 Å². The highest BCUT2D eigenvalue weighted by Crippen LogP contribution is 2.32. The van der Waals surface area contributed by atoms with Gasteiger partial charge in [0.1, 0.15) is 10.6 Å². The number of nitriles is 1. The smallest absolute Gasteiger partial charge is 0.267 e. The van der Waals surface area contributed by atoms with Crippen molar-refractivity contribution in [2.75, 3.05) is 12.9 Å². The molecule has 0 aliphatic heterocycles. The van der Waals surface area contributed by atoms with Crippen LogP contribution in [-0.2, 0) is 0 Å². The quantitative estimate of drug-likeness (QED) is 0.512. The van der Waals surface area contributed by atoms with Gasteiger partial charge in [-0.3, -0.25) is 9.36 Å². The maximum Gasteiger partial charge on any atom is 0.267 e. The van der Waals surface area contributed by atoms with Crippen molar-refractivity contribution in [3.63, 3.8) is 0 Å². The van der Waals surface area contributed by atoms with Gasteiger partial charge in [0.05, 0.1) is 30.0 Å². The zero-order valence-electron chi connectivity index (χ0n) is 14.4. The molecule has 0 aliphatic rings. The first kappa shape index (κ1) is 17.5. The molecule has 0 spiro atoms. The highest BCUT2D eigenvalue weighted by atomic mass is 32.2. The fourth-order valence-electron chi connectivity index (χ4n) is 2.66. The van der Waals surface area contributed by atoms with Gasteiger partial charge in [0.2, 0.25) is 0 Å². The Kier molecular flexibility index (Phi) is 4.84. The van der Waals surface area contributed by atoms with Crippen LogP contribution >= 0.6 is 23.1 Å². The maximum absolute atomic E-state index is 13.3. The van der Waals surface area contributed by atoms with Crippen LogP contribution in [0.15, 0.2) is 28.2 Å². The van der Waals surface area contributed by atoms with Crippen LogP contribution in [0.4, 0.5) is 0 Å². The molecule has 0 saturated heterocycles. The Hall–Kier alpha value is -2.30. The monoisotopic (exact) mass is 371 g/mol. The fraction of sp³-hybridized carbons (Fsp3) is 0.278. The van der Waals surface area contributed by atoms with E-state index in [0.29, 0.717) is 26.8 Å². The van der Waals surface area contributed by atoms with Crippen LogP contribution in [-0.4, -0.2) is 22.4 Å². The summed E-state index contributed by atoms with van der Waals surface area (Å²) in [4.78, 5) is 19.8. The first-order valence-electron chi connectivity index (χ1n) is 7.65. The normalized spacial score (nSPS) is 10.8. The van der Waals surface area contributed by atoms with E-state index in [1.807, 2.05) is 39.0 Å². The molecule has 5 nitrogen and oxygen atoms in total. The third kappa shape index (κ3) is 3.03. The molecule has 2 aromatic heterocycles. The minimum Gasteiger partial charge on any atom is -0.495 e. The van der Waals surface area contributed by atoms with Gasteiger partial charge in [0.15, 0.2) is 5.16 Å². The lowest BCUT2D eigenvalue weighted by molar-refractivity contribution is 0.411. The molecule has 0 fully saturated rings. The second-order valence-corrected chi connectivity index (χ2v) is 7.77. The predicted octanol–water partition coefficient (Wildman–Crippen LogP) is 4.00. The van der Waals surface area contributed by atoms with Gasteiger partial charge < -0.3 is 4.74 Å². The highest BCUT2D eigenvalue weighted by molar-refractivity contribution is 7.99. The molecule has 0 bridgehead atoms. The zero-order valence-corrected chi connectivity index (χ0v) is 16.0. The Morgan fingerprint density at radius 3 is 2.80 bits per heavy atom. The molecule has 0 radical (unpaired) electrons. The summed E-state index contributed by atoms with van der Waals surface area (Å²) in [5.74, 6) is 0.812. The highest BCUT2D eigenvalue weighted by Gasteiger charge is 2.20. The van der Waals surface area contributed by atoms with Crippen molar-refractivity contribution in [3.05, 3.63) is 44.6 Å². The van der Waals surface area contributed by atoms with E-state index < -0.39 is 0 Å². The van der Waals surface area contributed by atoms with Crippen molar-refractivity contribution in [1.82, 2.24) is 9.55 Å². The van der Waals surface area contributed by atoms with E-state index in [0.717, 1.165) is 16.0 Å². The number of thioether (sulfide) groups is 1. The van der Waals surface area contributed by atoms with Crippen molar-refractivity contribution >= 4 is 33.3 Å². The summed E-state index contributed by atoms with van der Waals surface area (Å²) in [6, 6.07) is 7.77. The fourth-order valence-corrected chi connectivity index (χ4v) is 4.39. The van der Waals surface area contributed by atoms with E-state index in [4.69, 9.17) is 10.00 Å². The van der Waals surface area contributed by atoms with Crippen molar-refractivity contribution in [3.8, 4) is 17.5 Å². The predicted molar refractivity (Wildman–Crippen MR) is 102 cm³/mol. The first-order chi connectivity index (χ1) is 12.0. The van der Waals surface area contributed by atoms with Crippen LogP contribution in [0.1, 0.15) is 16.0 Å². The molecule has 0 N–H and O–H groups in total. The molecule has 3 rings (SSSR count). The zero-order chi connectivity index (χ0) is 18.1. The summed E-state index contributed by atoms with van der Waals surface area (Å²) < 4.78 is 7.02. The molecule has 0 unspecified atom stereocenters. The molecule has 0 amide bonds. The molecule has 1 aromatic carbocycles. The molecule has 3 aromatic rings. The molecular formula is C18H17N3O2S2. The average Bonchev–Trinajstić information content (AvgIpc) is 2.87. The first-order valence-corrected chi connectivity index (χ1v) is 9.45. The molecule has 0 aliphatic carbocycles. The lowest BCUT2D eigenvalue weighted by atomic mass is 10.2. The van der Waals surface area contributed by atoms with Gasteiger partial charge in [-0.05, 0) is 44.0 Å². The second kappa shape index (κ2) is 6.90. The maximum atomic E-state index is 13.3. The molecular weight excluding hydrogens is 354 g/mol. The van der Waals surface area contributed by atoms with Gasteiger partial charge in [-0.2, -0.15) is 5.26 Å². The molecule has 25 heavy (non-hydrogen) atoms. The minimum absolute atomic E-state index is 0.129. The van der Waals surface area contributed by atoms with E-state index in [1.165, 1.54) is 23.1 Å². The van der Waals surface area contributed by atoms with E-state index in [1.54, 1.807) is 11.7 Å². The number of rotatable bonds is 4. The Morgan fingerprint density at radius 2 is 2.12 bits per heavy atom. The van der Waals surface area contributed by atoms with Gasteiger partial charge in [-0.15, -0.1) is 11.3 Å². The number of aromatic nitrogens is 2. The second-order valence-electron chi connectivity index (χ2n) is 5.62. The standard InChI is InChI=1S/C18H17N3O2S2/c1-10-5-6-14(23-4)13(9-10)21-17(22)15-11(2)12(3)25-16(15)20-18(21)24-8-7-19/h5-6,9H,8H2,1-4H3. The third-order valence-corrected chi connectivity index (χ3v) is 5.92. The number of ether oxygens (including phenoxy) is 1. The van der Waals surface area contributed by atoms with E-state index in [2.05, 4.69) is 11.1 Å². The van der Waals surface area contributed by atoms with E-state index >= 15 is 0 Å². The SMILES string of the molecule is COc1ccc(C)cc1-n1c(SCC#N)nc2sc(C)c(C)c2c1=O. The molecule has 128 valence electrons. The molecule has 0 saturated carbocycles. The van der Waals surface area contributed by atoms with Gasteiger partial charge >= 0.3 is 0 Å². The third-order valence-electron chi connectivity index (χ3n) is 4.01. The van der Waals surface area contributed by atoms with Gasteiger partial charge in [-0.25, -0.2) is 4.98 Å². The van der Waals surface area contributed by atoms with Crippen LogP contribution in [0.5, 0.6) is 5.75 Å². The minimum atomic E-state index is -0.129. The summed E-state index contributed by atoms with van der Waals surface area (Å²) >= 11 is 2.76. The summed E-state index contributed by atoms with van der Waals surface area (Å²) in [6.07, 6.45) is 0. The number of hydrogen-bond donors (Lipinski definition) is 0. The lowest BCUT2D eigenvalue weighted by Gasteiger charge is -2.15. The van der Waals surface area contributed by atoms with Gasteiger partial charge in [-0.1, -0.05) is 17.8 Å². The number of aryl methyl sites for hydroxylation is 3. The van der Waals surface area contributed by atoms with Crippen molar-refractivity contribution < 1.29 is 4.74 Å². The van der Waals surface area contributed by atoms with Gasteiger partial charge in [0, 0.05) is 4.88 Å². The lowest BCUT2D eigenvalue weighted by Crippen LogP contribution is -2.22. The van der Waals surface area contributed by atoms with Crippen LogP contribution in [0.2, 0.25) is 0 Å². The van der Waals surface area contributed by atoms with Crippen LogP contribution in [0.3, 0.4) is 0 Å². The number of fused-ring (bicyclic) bond motifs is 1. The largest absolute Gasteiger partial charge is 0.495 e. The Balaban J connectivity index is 2.42. The summed E-state index contributed by atoms with van der Waals surface area (Å²) in [6.45, 7) is 5.89. The number of thiophene rings is 1. The number of hydrogen-bond acceptors (Lipinski definition) is 6. The molecule has 7 heteroatoms. The Morgan fingerprint density at radius 1 is 1.36 bits per heavy atom.